The lowest BCUT2D eigenvalue weighted by Crippen LogP contribution is -2.40. The topological polar surface area (TPSA) is 105 Å². The van der Waals surface area contributed by atoms with Crippen molar-refractivity contribution in [2.75, 3.05) is 5.73 Å². The number of pyridine rings is 1. The first kappa shape index (κ1) is 13.3. The number of carbonyl (C=O) groups is 2. The Morgan fingerprint density at radius 1 is 1.42 bits per heavy atom. The molecule has 102 valence electrons. The lowest BCUT2D eigenvalue weighted by atomic mass is 9.86. The summed E-state index contributed by atoms with van der Waals surface area (Å²) < 4.78 is 0. The quantitative estimate of drug-likeness (QED) is 0.755. The van der Waals surface area contributed by atoms with E-state index >= 15 is 0 Å². The fourth-order valence-electron chi connectivity index (χ4n) is 2.41. The van der Waals surface area contributed by atoms with Gasteiger partial charge in [0.25, 0.3) is 5.91 Å². The van der Waals surface area contributed by atoms with Crippen LogP contribution >= 0.6 is 0 Å². The second-order valence-corrected chi connectivity index (χ2v) is 4.81. The summed E-state index contributed by atoms with van der Waals surface area (Å²) in [6.07, 6.45) is 4.25. The Labute approximate surface area is 111 Å². The maximum Gasteiger partial charge on any atom is 0.306 e. The van der Waals surface area contributed by atoms with Crippen LogP contribution in [0.4, 0.5) is 5.69 Å². The number of amides is 1. The van der Waals surface area contributed by atoms with E-state index in [9.17, 15) is 9.59 Å². The smallest absolute Gasteiger partial charge is 0.306 e. The highest BCUT2D eigenvalue weighted by Crippen LogP contribution is 2.24. The van der Waals surface area contributed by atoms with Crippen molar-refractivity contribution in [1.82, 2.24) is 10.3 Å². The van der Waals surface area contributed by atoms with Gasteiger partial charge in [0.15, 0.2) is 5.69 Å². The van der Waals surface area contributed by atoms with Crippen LogP contribution in [0.1, 0.15) is 36.2 Å². The Kier molecular flexibility index (Phi) is 3.99. The number of nitrogens with zero attached hydrogens (tertiary/aromatic N) is 1. The van der Waals surface area contributed by atoms with Crippen molar-refractivity contribution in [2.24, 2.45) is 5.92 Å². The molecular weight excluding hydrogens is 246 g/mol. The number of anilines is 1. The zero-order valence-electron chi connectivity index (χ0n) is 10.5. The molecule has 0 aromatic carbocycles. The average molecular weight is 263 g/mol. The van der Waals surface area contributed by atoms with Crippen molar-refractivity contribution < 1.29 is 14.7 Å². The highest BCUT2D eigenvalue weighted by Gasteiger charge is 2.28. The molecule has 6 nitrogen and oxygen atoms in total. The predicted molar refractivity (Wildman–Crippen MR) is 69.5 cm³/mol. The van der Waals surface area contributed by atoms with Gasteiger partial charge < -0.3 is 16.2 Å². The van der Waals surface area contributed by atoms with Crippen LogP contribution in [0.25, 0.3) is 0 Å². The van der Waals surface area contributed by atoms with Crippen molar-refractivity contribution >= 4 is 17.6 Å². The fraction of sp³-hybridized carbons (Fsp3) is 0.462. The van der Waals surface area contributed by atoms with Gasteiger partial charge in [0.2, 0.25) is 0 Å². The van der Waals surface area contributed by atoms with E-state index in [2.05, 4.69) is 10.3 Å². The van der Waals surface area contributed by atoms with Gasteiger partial charge in [0.1, 0.15) is 0 Å². The molecule has 0 saturated heterocycles. The monoisotopic (exact) mass is 263 g/mol. The fourth-order valence-corrected chi connectivity index (χ4v) is 2.41. The molecule has 1 saturated carbocycles. The lowest BCUT2D eigenvalue weighted by Gasteiger charge is -2.27. The molecule has 0 radical (unpaired) electrons. The summed E-state index contributed by atoms with van der Waals surface area (Å²) in [5.74, 6) is -1.51. The van der Waals surface area contributed by atoms with Crippen LogP contribution in [0.3, 0.4) is 0 Å². The maximum atomic E-state index is 12.0. The van der Waals surface area contributed by atoms with E-state index in [0.717, 1.165) is 12.8 Å². The number of aliphatic carboxylic acids is 1. The van der Waals surface area contributed by atoms with Gasteiger partial charge in [-0.05, 0) is 31.4 Å². The highest BCUT2D eigenvalue weighted by atomic mass is 16.4. The molecular formula is C13H17N3O3. The number of hydrogen-bond donors (Lipinski definition) is 3. The summed E-state index contributed by atoms with van der Waals surface area (Å²) in [7, 11) is 0. The highest BCUT2D eigenvalue weighted by molar-refractivity contribution is 5.97. The minimum Gasteiger partial charge on any atom is -0.481 e. The van der Waals surface area contributed by atoms with Crippen molar-refractivity contribution in [3.63, 3.8) is 0 Å². The van der Waals surface area contributed by atoms with E-state index in [1.807, 2.05) is 0 Å². The summed E-state index contributed by atoms with van der Waals surface area (Å²) >= 11 is 0. The van der Waals surface area contributed by atoms with Crippen molar-refractivity contribution in [2.45, 2.75) is 31.7 Å². The second kappa shape index (κ2) is 5.69. The van der Waals surface area contributed by atoms with Crippen LogP contribution in [-0.4, -0.2) is 28.0 Å². The minimum atomic E-state index is -0.795. The number of nitrogen functional groups attached to an aromatic ring is 1. The van der Waals surface area contributed by atoms with Crippen LogP contribution in [0, 0.1) is 5.92 Å². The van der Waals surface area contributed by atoms with E-state index in [4.69, 9.17) is 10.8 Å². The molecule has 1 aliphatic carbocycles. The molecule has 2 atom stereocenters. The molecule has 2 unspecified atom stereocenters. The molecule has 1 amide bonds. The third kappa shape index (κ3) is 3.21. The first-order valence-corrected chi connectivity index (χ1v) is 6.32. The van der Waals surface area contributed by atoms with Gasteiger partial charge in [-0.2, -0.15) is 0 Å². The van der Waals surface area contributed by atoms with Crippen LogP contribution in [0.15, 0.2) is 18.3 Å². The summed E-state index contributed by atoms with van der Waals surface area (Å²) in [4.78, 5) is 26.9. The SMILES string of the molecule is Nc1cccnc1C(=O)NC1CCCC(C(=O)O)C1. The van der Waals surface area contributed by atoms with Crippen molar-refractivity contribution in [1.29, 1.82) is 0 Å². The zero-order chi connectivity index (χ0) is 13.8. The van der Waals surface area contributed by atoms with Crippen molar-refractivity contribution in [3.05, 3.63) is 24.0 Å². The summed E-state index contributed by atoms with van der Waals surface area (Å²) in [5.41, 5.74) is 6.20. The Hall–Kier alpha value is -2.11. The molecule has 1 aromatic heterocycles. The third-order valence-electron chi connectivity index (χ3n) is 3.41. The molecule has 2 rings (SSSR count). The molecule has 1 heterocycles. The second-order valence-electron chi connectivity index (χ2n) is 4.81. The van der Waals surface area contributed by atoms with E-state index in [-0.39, 0.29) is 23.6 Å². The summed E-state index contributed by atoms with van der Waals surface area (Å²) in [6.45, 7) is 0. The number of carboxylic acid groups (broad SMARTS) is 1. The molecule has 6 heteroatoms. The molecule has 1 aromatic rings. The zero-order valence-corrected chi connectivity index (χ0v) is 10.5. The summed E-state index contributed by atoms with van der Waals surface area (Å²) in [6, 6.07) is 3.15. The first-order valence-electron chi connectivity index (χ1n) is 6.32. The molecule has 0 bridgehead atoms. The number of carbonyl (C=O) groups excluding carboxylic acids is 1. The molecule has 0 aliphatic heterocycles. The van der Waals surface area contributed by atoms with Crippen LogP contribution in [-0.2, 0) is 4.79 Å². The van der Waals surface area contributed by atoms with Crippen LogP contribution < -0.4 is 11.1 Å². The molecule has 0 spiro atoms. The molecule has 1 aliphatic rings. The average Bonchev–Trinajstić information content (AvgIpc) is 2.39. The maximum absolute atomic E-state index is 12.0. The number of nitrogens with two attached hydrogens (primary N) is 1. The van der Waals surface area contributed by atoms with E-state index in [1.165, 1.54) is 6.20 Å². The van der Waals surface area contributed by atoms with E-state index < -0.39 is 5.97 Å². The largest absolute Gasteiger partial charge is 0.481 e. The summed E-state index contributed by atoms with van der Waals surface area (Å²) in [5, 5.41) is 11.8. The Morgan fingerprint density at radius 3 is 2.89 bits per heavy atom. The van der Waals surface area contributed by atoms with Gasteiger partial charge in [0.05, 0.1) is 11.6 Å². The van der Waals surface area contributed by atoms with E-state index in [1.54, 1.807) is 12.1 Å². The van der Waals surface area contributed by atoms with Crippen LogP contribution in [0.2, 0.25) is 0 Å². The number of nitrogens with one attached hydrogen (secondary N) is 1. The standard InChI is InChI=1S/C13H17N3O3/c14-10-5-2-6-15-11(10)12(17)16-9-4-1-3-8(7-9)13(18)19/h2,5-6,8-9H,1,3-4,7,14H2,(H,16,17)(H,18,19). The predicted octanol–water partition coefficient (Wildman–Crippen LogP) is 1.04. The van der Waals surface area contributed by atoms with Crippen molar-refractivity contribution in [3.8, 4) is 0 Å². The normalized spacial score (nSPS) is 22.7. The molecule has 4 N–H and O–H groups in total. The van der Waals surface area contributed by atoms with Crippen LogP contribution in [0.5, 0.6) is 0 Å². The third-order valence-corrected chi connectivity index (χ3v) is 3.41. The number of carboxylic acids is 1. The lowest BCUT2D eigenvalue weighted by molar-refractivity contribution is -0.143. The van der Waals surface area contributed by atoms with Gasteiger partial charge in [-0.25, -0.2) is 4.98 Å². The number of hydrogen-bond acceptors (Lipinski definition) is 4. The van der Waals surface area contributed by atoms with Gasteiger partial charge in [0, 0.05) is 12.2 Å². The van der Waals surface area contributed by atoms with Gasteiger partial charge in [-0.15, -0.1) is 0 Å². The molecule has 1 fully saturated rings. The van der Waals surface area contributed by atoms with Gasteiger partial charge in [-0.3, -0.25) is 9.59 Å². The van der Waals surface area contributed by atoms with Gasteiger partial charge >= 0.3 is 5.97 Å². The molecule has 19 heavy (non-hydrogen) atoms. The Balaban J connectivity index is 1.99. The Bertz CT molecular complexity index is 490. The Morgan fingerprint density at radius 2 is 2.21 bits per heavy atom. The van der Waals surface area contributed by atoms with Gasteiger partial charge in [-0.1, -0.05) is 6.42 Å². The first-order chi connectivity index (χ1) is 9.08. The minimum absolute atomic E-state index is 0.122. The number of rotatable bonds is 3. The number of aromatic nitrogens is 1. The van der Waals surface area contributed by atoms with E-state index in [0.29, 0.717) is 18.5 Å².